The van der Waals surface area contributed by atoms with Crippen molar-refractivity contribution < 1.29 is 20.9 Å². The summed E-state index contributed by atoms with van der Waals surface area (Å²) in [7, 11) is 0. The zero-order valence-electron chi connectivity index (χ0n) is 32.5. The van der Waals surface area contributed by atoms with E-state index in [4.69, 9.17) is 5.63 Å². The van der Waals surface area contributed by atoms with E-state index >= 15 is 0 Å². The van der Waals surface area contributed by atoms with E-state index in [9.17, 15) is 0 Å². The molecule has 0 aliphatic heterocycles. The fourth-order valence-corrected chi connectivity index (χ4v) is 45.8. The Balaban J connectivity index is 1.83. The average molecular weight is 744 g/mol. The van der Waals surface area contributed by atoms with Crippen molar-refractivity contribution in [3.8, 4) is 11.5 Å². The molecular formula is C44H64O2SiZr. The Bertz CT molecular complexity index is 1840. The number of hydrogen-bond acceptors (Lipinski definition) is 2. The van der Waals surface area contributed by atoms with Crippen molar-refractivity contribution in [3.63, 3.8) is 0 Å². The summed E-state index contributed by atoms with van der Waals surface area (Å²) in [4.78, 5) is 0. The molecule has 260 valence electrons. The third kappa shape index (κ3) is 5.49. The zero-order chi connectivity index (χ0) is 35.2. The van der Waals surface area contributed by atoms with Crippen LogP contribution in [0, 0.1) is 13.8 Å². The molecule has 2 atom stereocenters. The van der Waals surface area contributed by atoms with Gasteiger partial charge in [0.2, 0.25) is 0 Å². The van der Waals surface area contributed by atoms with Crippen molar-refractivity contribution in [2.24, 2.45) is 0 Å². The molecule has 0 saturated carbocycles. The van der Waals surface area contributed by atoms with Crippen LogP contribution in [0.2, 0.25) is 16.5 Å². The standard InChI is InChI=1S/2C11H16O.2C10H13.2CH3.H2Si.Zr/c2*1-8-5-6-10(12)9(7-8)11(2,3)4;2*1-8-6-9-4-2-3-5-10(9)7-8;;;;/h2*5-7,12H,1-4H3;2*6-7H,2-5H2,1H3;2*1H3;1H2;/q;;;;;;;+2/p-2. The minimum absolute atomic E-state index is 0.0840. The van der Waals surface area contributed by atoms with Gasteiger partial charge in [0, 0.05) is 0 Å². The molecule has 0 heterocycles. The van der Waals surface area contributed by atoms with Crippen molar-refractivity contribution >= 4 is 6.88 Å². The molecule has 4 heteroatoms. The molecule has 6 rings (SSSR count). The van der Waals surface area contributed by atoms with Crippen molar-refractivity contribution in [2.75, 3.05) is 0 Å². The van der Waals surface area contributed by atoms with E-state index in [0.717, 1.165) is 37.2 Å². The third-order valence-electron chi connectivity index (χ3n) is 12.9. The van der Waals surface area contributed by atoms with E-state index in [-0.39, 0.29) is 18.1 Å². The molecule has 2 aromatic carbocycles. The quantitative estimate of drug-likeness (QED) is 0.274. The van der Waals surface area contributed by atoms with Gasteiger partial charge in [0.15, 0.2) is 0 Å². The van der Waals surface area contributed by atoms with Crippen LogP contribution in [0.1, 0.15) is 129 Å². The van der Waals surface area contributed by atoms with E-state index in [1.54, 1.807) is 22.3 Å². The molecule has 2 nitrogen and oxygen atoms in total. The fourth-order valence-electron chi connectivity index (χ4n) is 11.5. The maximum atomic E-state index is 8.62. The average Bonchev–Trinajstić information content (AvgIpc) is 3.51. The van der Waals surface area contributed by atoms with Crippen LogP contribution in [0.3, 0.4) is 0 Å². The van der Waals surface area contributed by atoms with Gasteiger partial charge < -0.3 is 0 Å². The van der Waals surface area contributed by atoms with Crippen LogP contribution in [-0.2, 0) is 26.1 Å². The summed E-state index contributed by atoms with van der Waals surface area (Å²) in [5.41, 5.74) is 14.1. The van der Waals surface area contributed by atoms with Crippen LogP contribution in [0.5, 0.6) is 11.5 Å². The number of hydrogen-bond donors (Lipinski definition) is 0. The molecule has 48 heavy (non-hydrogen) atoms. The predicted octanol–water partition coefficient (Wildman–Crippen LogP) is 12.8. The third-order valence-corrected chi connectivity index (χ3v) is 40.4. The van der Waals surface area contributed by atoms with Crippen LogP contribution in [0.4, 0.5) is 0 Å². The number of allylic oxidation sites excluding steroid dienone is 8. The molecule has 0 N–H and O–H groups in total. The molecule has 4 aliphatic carbocycles. The van der Waals surface area contributed by atoms with Crippen molar-refractivity contribution in [3.05, 3.63) is 104 Å². The molecule has 0 amide bonds. The molecule has 2 unspecified atom stereocenters. The minimum atomic E-state index is -6.46. The Morgan fingerprint density at radius 1 is 0.583 bits per heavy atom. The second-order valence-corrected chi connectivity index (χ2v) is 63.5. The van der Waals surface area contributed by atoms with E-state index in [2.05, 4.69) is 134 Å². The first-order valence-corrected chi connectivity index (χ1v) is 34.6. The Hall–Kier alpha value is -1.90. The Kier molecular flexibility index (Phi) is 7.91. The molecular weight excluding hydrogens is 680 g/mol. The summed E-state index contributed by atoms with van der Waals surface area (Å²) in [5, 5.41) is 0. The zero-order valence-corrected chi connectivity index (χ0v) is 36.3. The number of aryl methyl sites for hydroxylation is 2. The molecule has 0 fully saturated rings. The van der Waals surface area contributed by atoms with E-state index < -0.39 is 15.3 Å². The Morgan fingerprint density at radius 3 is 1.29 bits per heavy atom. The summed E-state index contributed by atoms with van der Waals surface area (Å²) in [6.07, 6.45) is 14.7. The first-order chi connectivity index (χ1) is 22.0. The Labute approximate surface area is 289 Å². The van der Waals surface area contributed by atoms with Crippen LogP contribution in [0.15, 0.2) is 82.0 Å². The number of benzene rings is 2. The molecule has 0 saturated heterocycles. The van der Waals surface area contributed by atoms with Crippen molar-refractivity contribution in [2.45, 2.75) is 148 Å². The normalized spacial score (nSPS) is 24.1. The summed E-state index contributed by atoms with van der Waals surface area (Å²) in [6.45, 7) is 25.5. The van der Waals surface area contributed by atoms with Crippen LogP contribution < -0.4 is 5.63 Å². The molecule has 4 aliphatic rings. The second-order valence-electron chi connectivity index (χ2n) is 20.5. The van der Waals surface area contributed by atoms with Gasteiger partial charge in [-0.3, -0.25) is 0 Å². The van der Waals surface area contributed by atoms with Gasteiger partial charge in [-0.2, -0.15) is 0 Å². The van der Waals surface area contributed by atoms with Crippen molar-refractivity contribution in [1.29, 1.82) is 0 Å². The van der Waals surface area contributed by atoms with Gasteiger partial charge in [-0.05, 0) is 0 Å². The summed E-state index contributed by atoms with van der Waals surface area (Å²) in [6, 6.07) is 13.9. The molecule has 0 bridgehead atoms. The predicted molar refractivity (Wildman–Crippen MR) is 207 cm³/mol. The molecule has 0 radical (unpaired) electrons. The second kappa shape index (κ2) is 10.6. The van der Waals surface area contributed by atoms with Crippen molar-refractivity contribution in [1.82, 2.24) is 0 Å². The summed E-state index contributed by atoms with van der Waals surface area (Å²) >= 11 is -6.46. The SMILES string of the molecule is CC1=CC2=C(CCCC2)[CH]1[Zr]([CH3])([CH3])(=[SiH2])([O]c1ccc(C)cc1C(C)(C)C)([O]c1ccc(C)cc1C(C)(C)C)[CH]1C(C)=CC2=C1CCCC2. The van der Waals surface area contributed by atoms with Gasteiger partial charge in [0.1, 0.15) is 0 Å². The summed E-state index contributed by atoms with van der Waals surface area (Å²) < 4.78 is 22.6. The first kappa shape index (κ1) is 35.9. The monoisotopic (exact) mass is 742 g/mol. The maximum absolute atomic E-state index is 8.62. The van der Waals surface area contributed by atoms with Crippen LogP contribution >= 0.6 is 0 Å². The van der Waals surface area contributed by atoms with Gasteiger partial charge in [-0.25, -0.2) is 0 Å². The summed E-state index contributed by atoms with van der Waals surface area (Å²) in [5.74, 6) is 2.02. The van der Waals surface area contributed by atoms with Gasteiger partial charge >= 0.3 is 292 Å². The van der Waals surface area contributed by atoms with Crippen LogP contribution in [0.25, 0.3) is 0 Å². The van der Waals surface area contributed by atoms with Gasteiger partial charge in [0.25, 0.3) is 0 Å². The topological polar surface area (TPSA) is 18.5 Å². The van der Waals surface area contributed by atoms with E-state index in [0.29, 0.717) is 0 Å². The van der Waals surface area contributed by atoms with E-state index in [1.807, 2.05) is 0 Å². The van der Waals surface area contributed by atoms with Gasteiger partial charge in [-0.15, -0.1) is 0 Å². The fraction of sp³-hybridized carbons (Fsp3) is 0.545. The molecule has 2 aromatic rings. The number of rotatable bonds is 6. The van der Waals surface area contributed by atoms with Crippen LogP contribution in [-0.4, -0.2) is 6.88 Å². The first-order valence-electron chi connectivity index (χ1n) is 18.9. The van der Waals surface area contributed by atoms with Gasteiger partial charge in [0.05, 0.1) is 0 Å². The molecule has 0 spiro atoms. The molecule has 0 aromatic heterocycles. The Morgan fingerprint density at radius 2 is 0.938 bits per heavy atom. The van der Waals surface area contributed by atoms with Gasteiger partial charge in [-0.1, -0.05) is 0 Å². The van der Waals surface area contributed by atoms with E-state index in [1.165, 1.54) is 59.1 Å².